The standard InChI is InChI=1S/C26H28N2O5/c1-26(2)14-18-24(20(29)15-26)25(16-8-4-7-11-21(16)33-3)28(22(30)12-13-23(31)32)19-10-6-5-9-17(19)27-18/h4-11,14,24-25,27H,12-13,15H2,1-3H3,(H,31,32)/p-1. The fourth-order valence-electron chi connectivity index (χ4n) is 4.85. The molecule has 7 nitrogen and oxygen atoms in total. The van der Waals surface area contributed by atoms with Crippen LogP contribution >= 0.6 is 0 Å². The number of nitrogens with zero attached hydrogens (tertiary/aromatic N) is 1. The Hall–Kier alpha value is -3.61. The molecule has 0 bridgehead atoms. The number of hydrogen-bond donors (Lipinski definition) is 1. The molecule has 0 saturated heterocycles. The van der Waals surface area contributed by atoms with Crippen LogP contribution in [0.4, 0.5) is 11.4 Å². The molecule has 172 valence electrons. The first-order valence-corrected chi connectivity index (χ1v) is 11.0. The first-order valence-electron chi connectivity index (χ1n) is 11.0. The minimum absolute atomic E-state index is 0.00594. The van der Waals surface area contributed by atoms with E-state index in [9.17, 15) is 19.5 Å². The van der Waals surface area contributed by atoms with Crippen molar-refractivity contribution in [2.75, 3.05) is 17.3 Å². The second kappa shape index (κ2) is 8.73. The molecule has 1 aliphatic heterocycles. The van der Waals surface area contributed by atoms with E-state index >= 15 is 0 Å². The second-order valence-corrected chi connectivity index (χ2v) is 9.17. The van der Waals surface area contributed by atoms with E-state index < -0.39 is 30.3 Å². The molecule has 0 aromatic heterocycles. The highest BCUT2D eigenvalue weighted by Gasteiger charge is 2.46. The van der Waals surface area contributed by atoms with Gasteiger partial charge in [-0.2, -0.15) is 0 Å². The van der Waals surface area contributed by atoms with Crippen LogP contribution in [0.2, 0.25) is 0 Å². The summed E-state index contributed by atoms with van der Waals surface area (Å²) in [6.07, 6.45) is 1.74. The predicted molar refractivity (Wildman–Crippen MR) is 123 cm³/mol. The summed E-state index contributed by atoms with van der Waals surface area (Å²) in [4.78, 5) is 39.8. The summed E-state index contributed by atoms with van der Waals surface area (Å²) < 4.78 is 5.62. The largest absolute Gasteiger partial charge is 0.550 e. The number of carbonyl (C=O) groups is 3. The zero-order valence-electron chi connectivity index (χ0n) is 19.0. The van der Waals surface area contributed by atoms with Gasteiger partial charge in [-0.3, -0.25) is 9.59 Å². The second-order valence-electron chi connectivity index (χ2n) is 9.17. The van der Waals surface area contributed by atoms with Gasteiger partial charge in [-0.05, 0) is 30.0 Å². The number of methoxy groups -OCH3 is 1. The van der Waals surface area contributed by atoms with Crippen LogP contribution in [-0.2, 0) is 14.4 Å². The number of Topliss-reactive ketones (excluding diaryl/α,β-unsaturated/α-hetero) is 1. The lowest BCUT2D eigenvalue weighted by Crippen LogP contribution is -2.44. The van der Waals surface area contributed by atoms with Gasteiger partial charge in [0.25, 0.3) is 0 Å². The van der Waals surface area contributed by atoms with Crippen molar-refractivity contribution in [1.29, 1.82) is 0 Å². The summed E-state index contributed by atoms with van der Waals surface area (Å²) in [6.45, 7) is 4.01. The van der Waals surface area contributed by atoms with Crippen LogP contribution in [0.25, 0.3) is 0 Å². The lowest BCUT2D eigenvalue weighted by atomic mass is 9.72. The zero-order valence-corrected chi connectivity index (χ0v) is 19.0. The number of amides is 1. The van der Waals surface area contributed by atoms with Crippen LogP contribution in [0, 0.1) is 11.3 Å². The van der Waals surface area contributed by atoms with Gasteiger partial charge in [0.1, 0.15) is 11.5 Å². The summed E-state index contributed by atoms with van der Waals surface area (Å²) in [5.74, 6) is -1.80. The van der Waals surface area contributed by atoms with Crippen LogP contribution in [0.5, 0.6) is 5.75 Å². The minimum Gasteiger partial charge on any atom is -0.550 e. The summed E-state index contributed by atoms with van der Waals surface area (Å²) in [6, 6.07) is 13.9. The molecule has 1 heterocycles. The number of rotatable bonds is 5. The molecule has 2 atom stereocenters. The lowest BCUT2D eigenvalue weighted by molar-refractivity contribution is -0.305. The van der Waals surface area contributed by atoms with E-state index in [0.29, 0.717) is 29.1 Å². The number of fused-ring (bicyclic) bond motifs is 2. The highest BCUT2D eigenvalue weighted by atomic mass is 16.5. The normalized spacial score (nSPS) is 21.1. The molecular weight excluding hydrogens is 420 g/mol. The van der Waals surface area contributed by atoms with E-state index in [2.05, 4.69) is 11.4 Å². The van der Waals surface area contributed by atoms with E-state index in [1.54, 1.807) is 24.1 Å². The van der Waals surface area contributed by atoms with Crippen molar-refractivity contribution in [2.45, 2.75) is 39.2 Å². The van der Waals surface area contributed by atoms with Crippen molar-refractivity contribution in [3.05, 3.63) is 65.9 Å². The Morgan fingerprint density at radius 1 is 1.12 bits per heavy atom. The van der Waals surface area contributed by atoms with Gasteiger partial charge >= 0.3 is 0 Å². The van der Waals surface area contributed by atoms with E-state index in [-0.39, 0.29) is 17.6 Å². The average molecular weight is 448 g/mol. The summed E-state index contributed by atoms with van der Waals surface area (Å²) in [5.41, 5.74) is 2.33. The van der Waals surface area contributed by atoms with E-state index in [1.165, 1.54) is 0 Å². The maximum absolute atomic E-state index is 13.6. The van der Waals surface area contributed by atoms with Crippen molar-refractivity contribution in [2.24, 2.45) is 11.3 Å². The maximum atomic E-state index is 13.6. The van der Waals surface area contributed by atoms with Crippen molar-refractivity contribution in [3.63, 3.8) is 0 Å². The molecule has 4 rings (SSSR count). The number of benzene rings is 2. The molecule has 7 heteroatoms. The van der Waals surface area contributed by atoms with Crippen LogP contribution in [0.1, 0.15) is 44.7 Å². The Kier molecular flexibility index (Phi) is 5.97. The number of carboxylic acids is 1. The van der Waals surface area contributed by atoms with Crippen molar-refractivity contribution in [3.8, 4) is 5.75 Å². The highest BCUT2D eigenvalue weighted by Crippen LogP contribution is 2.50. The lowest BCUT2D eigenvalue weighted by Gasteiger charge is -2.39. The SMILES string of the molecule is COc1ccccc1C1C2C(=O)CC(C)(C)C=C2Nc2ccccc2N1C(=O)CCC(=O)[O-]. The molecular formula is C26H27N2O5-. The fraction of sp³-hybridized carbons (Fsp3) is 0.346. The molecule has 0 saturated carbocycles. The third-order valence-electron chi connectivity index (χ3n) is 6.16. The van der Waals surface area contributed by atoms with Gasteiger partial charge in [-0.1, -0.05) is 50.3 Å². The molecule has 1 aliphatic carbocycles. The van der Waals surface area contributed by atoms with Gasteiger partial charge in [0.2, 0.25) is 5.91 Å². The molecule has 33 heavy (non-hydrogen) atoms. The number of anilines is 2. The number of nitrogens with one attached hydrogen (secondary N) is 1. The molecule has 1 amide bonds. The molecule has 1 N–H and O–H groups in total. The van der Waals surface area contributed by atoms with Crippen LogP contribution in [-0.4, -0.2) is 24.8 Å². The number of hydrogen-bond acceptors (Lipinski definition) is 6. The number of allylic oxidation sites excluding steroid dienone is 1. The molecule has 2 aromatic rings. The number of para-hydroxylation sites is 3. The number of aliphatic carboxylic acids is 1. The fourth-order valence-corrected chi connectivity index (χ4v) is 4.85. The van der Waals surface area contributed by atoms with E-state index in [0.717, 1.165) is 5.70 Å². The zero-order chi connectivity index (χ0) is 23.8. The molecule has 0 fully saturated rings. The van der Waals surface area contributed by atoms with Gasteiger partial charge in [-0.15, -0.1) is 0 Å². The number of ketones is 1. The van der Waals surface area contributed by atoms with Gasteiger partial charge in [0.05, 0.1) is 30.4 Å². The van der Waals surface area contributed by atoms with E-state index in [1.807, 2.05) is 50.2 Å². The number of ether oxygens (including phenoxy) is 1. The molecule has 0 spiro atoms. The first-order chi connectivity index (χ1) is 15.7. The third-order valence-corrected chi connectivity index (χ3v) is 6.16. The molecule has 2 aromatic carbocycles. The highest BCUT2D eigenvalue weighted by molar-refractivity contribution is 6.02. The van der Waals surface area contributed by atoms with Crippen molar-refractivity contribution >= 4 is 29.0 Å². The Labute approximate surface area is 193 Å². The molecule has 0 radical (unpaired) electrons. The minimum atomic E-state index is -1.30. The predicted octanol–water partition coefficient (Wildman–Crippen LogP) is 3.22. The summed E-state index contributed by atoms with van der Waals surface area (Å²) in [5, 5.41) is 14.5. The monoisotopic (exact) mass is 447 g/mol. The number of carboxylic acid groups (broad SMARTS) is 1. The topological polar surface area (TPSA) is 98.8 Å². The Bertz CT molecular complexity index is 1140. The van der Waals surface area contributed by atoms with Crippen molar-refractivity contribution in [1.82, 2.24) is 0 Å². The quantitative estimate of drug-likeness (QED) is 0.756. The van der Waals surface area contributed by atoms with Gasteiger partial charge < -0.3 is 24.9 Å². The average Bonchev–Trinajstić information content (AvgIpc) is 2.90. The number of carbonyl (C=O) groups excluding carboxylic acids is 3. The Balaban J connectivity index is 1.98. The van der Waals surface area contributed by atoms with Gasteiger partial charge in [-0.25, -0.2) is 0 Å². The molecule has 2 aliphatic rings. The maximum Gasteiger partial charge on any atom is 0.228 e. The van der Waals surface area contributed by atoms with Crippen molar-refractivity contribution < 1.29 is 24.2 Å². The van der Waals surface area contributed by atoms with E-state index in [4.69, 9.17) is 4.74 Å². The Morgan fingerprint density at radius 2 is 1.82 bits per heavy atom. The van der Waals surface area contributed by atoms with Gasteiger partial charge in [0, 0.05) is 30.1 Å². The van der Waals surface area contributed by atoms with Crippen LogP contribution in [0.15, 0.2) is 60.3 Å². The molecule has 2 unspecified atom stereocenters. The van der Waals surface area contributed by atoms with Crippen LogP contribution in [0.3, 0.4) is 0 Å². The third kappa shape index (κ3) is 4.35. The van der Waals surface area contributed by atoms with Crippen LogP contribution < -0.4 is 20.1 Å². The smallest absolute Gasteiger partial charge is 0.228 e. The Morgan fingerprint density at radius 3 is 2.55 bits per heavy atom. The summed E-state index contributed by atoms with van der Waals surface area (Å²) in [7, 11) is 1.55. The first kappa shape index (κ1) is 22.6. The van der Waals surface area contributed by atoms with Gasteiger partial charge in [0.15, 0.2) is 0 Å². The summed E-state index contributed by atoms with van der Waals surface area (Å²) >= 11 is 0.